The number of allylic oxidation sites excluding steroid dienone is 4. The molecule has 2 N–H and O–H groups in total. The van der Waals surface area contributed by atoms with Gasteiger partial charge < -0.3 is 10.3 Å². The average molecular weight is 438 g/mol. The van der Waals surface area contributed by atoms with Gasteiger partial charge in [-0.05, 0) is 86.7 Å². The number of hydrogen-bond acceptors (Lipinski definition) is 3. The van der Waals surface area contributed by atoms with Gasteiger partial charge >= 0.3 is 0 Å². The highest BCUT2D eigenvalue weighted by molar-refractivity contribution is 5.85. The summed E-state index contributed by atoms with van der Waals surface area (Å²) in [4.78, 5) is 8.66. The topological polar surface area (TPSA) is 58.0 Å². The molecular formula is C28H31N5. The first kappa shape index (κ1) is 20.4. The van der Waals surface area contributed by atoms with E-state index in [2.05, 4.69) is 58.9 Å². The van der Waals surface area contributed by atoms with E-state index in [4.69, 9.17) is 10.1 Å². The van der Waals surface area contributed by atoms with Gasteiger partial charge in [-0.3, -0.25) is 0 Å². The number of aromatic nitrogens is 4. The van der Waals surface area contributed by atoms with Gasteiger partial charge in [0.15, 0.2) is 5.65 Å². The molecular weight excluding hydrogens is 406 g/mol. The molecule has 1 saturated heterocycles. The number of nitrogens with zero attached hydrogens (tertiary/aromatic N) is 3. The van der Waals surface area contributed by atoms with Crippen molar-refractivity contribution in [2.24, 2.45) is 5.92 Å². The van der Waals surface area contributed by atoms with E-state index in [0.717, 1.165) is 43.6 Å². The van der Waals surface area contributed by atoms with E-state index >= 15 is 0 Å². The maximum atomic E-state index is 5.23. The van der Waals surface area contributed by atoms with E-state index in [1.54, 1.807) is 0 Å². The average Bonchev–Trinajstić information content (AvgIpc) is 3.48. The first-order valence-corrected chi connectivity index (χ1v) is 12.4. The maximum absolute atomic E-state index is 5.23. The third-order valence-electron chi connectivity index (χ3n) is 7.29. The van der Waals surface area contributed by atoms with Gasteiger partial charge in [-0.15, -0.1) is 0 Å². The Bertz CT molecular complexity index is 1320. The van der Waals surface area contributed by atoms with Crippen molar-refractivity contribution in [1.29, 1.82) is 0 Å². The largest absolute Gasteiger partial charge is 0.346 e. The third-order valence-corrected chi connectivity index (χ3v) is 7.29. The lowest BCUT2D eigenvalue weighted by molar-refractivity contribution is 0.371. The van der Waals surface area contributed by atoms with Crippen LogP contribution >= 0.6 is 0 Å². The standard InChI is InChI=1S/C28H31N5/c1-2-6-21(7-3-1)22-8-4-5-9-23(11-10-22)25-19-31-33-27-24(14-17-30-27)26(32-28(25)33)18-20-12-15-29-16-13-20/h1-3,6-7,10-11,14,17,19-20,29-30H,4-5,8-9,12-13,15-16,18H2. The molecule has 0 unspecified atom stereocenters. The summed E-state index contributed by atoms with van der Waals surface area (Å²) in [5.74, 6) is 0.697. The van der Waals surface area contributed by atoms with E-state index < -0.39 is 0 Å². The minimum absolute atomic E-state index is 0.697. The van der Waals surface area contributed by atoms with Crippen molar-refractivity contribution in [3.63, 3.8) is 0 Å². The van der Waals surface area contributed by atoms with Crippen LogP contribution in [0.3, 0.4) is 0 Å². The molecule has 0 saturated carbocycles. The first-order chi connectivity index (χ1) is 16.4. The number of H-pyrrole nitrogens is 1. The normalized spacial score (nSPS) is 18.2. The molecule has 1 aliphatic carbocycles. The Hall–Kier alpha value is -3.18. The molecule has 4 aromatic rings. The predicted molar refractivity (Wildman–Crippen MR) is 135 cm³/mol. The van der Waals surface area contributed by atoms with Gasteiger partial charge in [0.25, 0.3) is 0 Å². The quantitative estimate of drug-likeness (QED) is 0.425. The molecule has 0 radical (unpaired) electrons. The van der Waals surface area contributed by atoms with E-state index in [-0.39, 0.29) is 0 Å². The number of piperidine rings is 1. The zero-order chi connectivity index (χ0) is 22.0. The Kier molecular flexibility index (Phi) is 5.56. The highest BCUT2D eigenvalue weighted by Crippen LogP contribution is 2.32. The minimum atomic E-state index is 0.697. The van der Waals surface area contributed by atoms with Gasteiger partial charge in [-0.2, -0.15) is 9.61 Å². The molecule has 1 fully saturated rings. The van der Waals surface area contributed by atoms with Crippen molar-refractivity contribution >= 4 is 27.8 Å². The Balaban J connectivity index is 1.42. The van der Waals surface area contributed by atoms with Gasteiger partial charge in [0.2, 0.25) is 0 Å². The van der Waals surface area contributed by atoms with Crippen LogP contribution in [0.15, 0.2) is 60.9 Å². The number of aromatic amines is 1. The molecule has 3 aromatic heterocycles. The number of rotatable bonds is 4. The third kappa shape index (κ3) is 4.02. The second-order valence-electron chi connectivity index (χ2n) is 9.45. The molecule has 0 bridgehead atoms. The van der Waals surface area contributed by atoms with Gasteiger partial charge in [-0.25, -0.2) is 4.98 Å². The summed E-state index contributed by atoms with van der Waals surface area (Å²) in [6.45, 7) is 2.23. The van der Waals surface area contributed by atoms with Crippen LogP contribution in [-0.2, 0) is 6.42 Å². The summed E-state index contributed by atoms with van der Waals surface area (Å²) in [6, 6.07) is 12.9. The number of hydrogen-bond donors (Lipinski definition) is 2. The van der Waals surface area contributed by atoms with Gasteiger partial charge in [0.1, 0.15) is 5.65 Å². The van der Waals surface area contributed by atoms with Crippen LogP contribution in [-0.4, -0.2) is 32.7 Å². The van der Waals surface area contributed by atoms with Gasteiger partial charge in [0.05, 0.1) is 11.9 Å². The fourth-order valence-electron chi connectivity index (χ4n) is 5.43. The Morgan fingerprint density at radius 2 is 1.73 bits per heavy atom. The fourth-order valence-corrected chi connectivity index (χ4v) is 5.43. The van der Waals surface area contributed by atoms with Crippen LogP contribution in [0.1, 0.15) is 55.3 Å². The van der Waals surface area contributed by atoms with Crippen LogP contribution in [0, 0.1) is 5.92 Å². The Morgan fingerprint density at radius 1 is 0.939 bits per heavy atom. The second kappa shape index (κ2) is 8.99. The molecule has 4 heterocycles. The lowest BCUT2D eigenvalue weighted by Crippen LogP contribution is -2.28. The molecule has 168 valence electrons. The highest BCUT2D eigenvalue weighted by Gasteiger charge is 2.20. The van der Waals surface area contributed by atoms with Crippen LogP contribution < -0.4 is 5.32 Å². The summed E-state index contributed by atoms with van der Waals surface area (Å²) in [7, 11) is 0. The smallest absolute Gasteiger partial charge is 0.165 e. The summed E-state index contributed by atoms with van der Waals surface area (Å²) in [5.41, 5.74) is 8.49. The van der Waals surface area contributed by atoms with Crippen LogP contribution in [0.2, 0.25) is 0 Å². The van der Waals surface area contributed by atoms with Crippen LogP contribution in [0.25, 0.3) is 27.8 Å². The summed E-state index contributed by atoms with van der Waals surface area (Å²) < 4.78 is 2.00. The number of fused-ring (bicyclic) bond motifs is 3. The predicted octanol–water partition coefficient (Wildman–Crippen LogP) is 5.79. The molecule has 6 rings (SSSR count). The zero-order valence-electron chi connectivity index (χ0n) is 19.1. The first-order valence-electron chi connectivity index (χ1n) is 12.4. The highest BCUT2D eigenvalue weighted by atomic mass is 15.3. The second-order valence-corrected chi connectivity index (χ2v) is 9.45. The van der Waals surface area contributed by atoms with Crippen molar-refractivity contribution < 1.29 is 0 Å². The molecule has 0 amide bonds. The molecule has 0 spiro atoms. The van der Waals surface area contributed by atoms with Crippen LogP contribution in [0.5, 0.6) is 0 Å². The molecule has 1 aromatic carbocycles. The van der Waals surface area contributed by atoms with Crippen molar-refractivity contribution in [2.45, 2.75) is 44.9 Å². The minimum Gasteiger partial charge on any atom is -0.346 e. The molecule has 33 heavy (non-hydrogen) atoms. The molecule has 5 heteroatoms. The van der Waals surface area contributed by atoms with E-state index in [0.29, 0.717) is 5.92 Å². The lowest BCUT2D eigenvalue weighted by atomic mass is 9.92. The fraction of sp³-hybridized carbons (Fsp3) is 0.357. The Morgan fingerprint density at radius 3 is 2.58 bits per heavy atom. The molecule has 1 aliphatic heterocycles. The van der Waals surface area contributed by atoms with Crippen molar-refractivity contribution in [3.8, 4) is 0 Å². The summed E-state index contributed by atoms with van der Waals surface area (Å²) >= 11 is 0. The zero-order valence-corrected chi connectivity index (χ0v) is 19.1. The van der Waals surface area contributed by atoms with E-state index in [1.165, 1.54) is 59.0 Å². The van der Waals surface area contributed by atoms with Crippen molar-refractivity contribution in [3.05, 3.63) is 77.8 Å². The number of nitrogens with one attached hydrogen (secondary N) is 2. The van der Waals surface area contributed by atoms with Crippen molar-refractivity contribution in [1.82, 2.24) is 24.9 Å². The molecule has 2 aliphatic rings. The van der Waals surface area contributed by atoms with E-state index in [1.807, 2.05) is 16.9 Å². The van der Waals surface area contributed by atoms with Crippen LogP contribution in [0.4, 0.5) is 0 Å². The molecule has 5 nitrogen and oxygen atoms in total. The summed E-state index contributed by atoms with van der Waals surface area (Å²) in [6.07, 6.45) is 16.7. The van der Waals surface area contributed by atoms with Crippen molar-refractivity contribution in [2.75, 3.05) is 13.1 Å². The molecule has 0 atom stereocenters. The maximum Gasteiger partial charge on any atom is 0.165 e. The van der Waals surface area contributed by atoms with E-state index in [9.17, 15) is 0 Å². The van der Waals surface area contributed by atoms with Gasteiger partial charge in [0, 0.05) is 17.1 Å². The number of benzene rings is 1. The van der Waals surface area contributed by atoms with Gasteiger partial charge in [-0.1, -0.05) is 42.5 Å². The summed E-state index contributed by atoms with van der Waals surface area (Å²) in [5, 5.41) is 9.45. The Labute approximate surface area is 194 Å². The monoisotopic (exact) mass is 437 g/mol. The lowest BCUT2D eigenvalue weighted by Gasteiger charge is -2.22. The SMILES string of the molecule is C1=C(c2ccccc2)CCCCC(c2cnn3c2nc(CC2CCNCC2)c2cc[nH]c23)=C1.